The zero-order valence-corrected chi connectivity index (χ0v) is 15.8. The second-order valence-corrected chi connectivity index (χ2v) is 6.62. The van der Waals surface area contributed by atoms with Gasteiger partial charge in [-0.25, -0.2) is 9.97 Å². The first-order valence-corrected chi connectivity index (χ1v) is 9.10. The van der Waals surface area contributed by atoms with Gasteiger partial charge in [0.05, 0.1) is 0 Å². The highest BCUT2D eigenvalue weighted by atomic mass is 16.5. The van der Waals surface area contributed by atoms with E-state index in [1.54, 1.807) is 0 Å². The molecule has 6 heteroatoms. The summed E-state index contributed by atoms with van der Waals surface area (Å²) in [5.74, 6) is 3.36. The van der Waals surface area contributed by atoms with Gasteiger partial charge in [-0.1, -0.05) is 65.3 Å². The molecule has 0 saturated carbocycles. The summed E-state index contributed by atoms with van der Waals surface area (Å²) in [5.41, 5.74) is 3.37. The van der Waals surface area contributed by atoms with Crippen molar-refractivity contribution < 1.29 is 4.52 Å². The van der Waals surface area contributed by atoms with Crippen LogP contribution in [-0.2, 0) is 6.54 Å². The van der Waals surface area contributed by atoms with Crippen LogP contribution in [0.1, 0.15) is 16.9 Å². The zero-order chi connectivity index (χ0) is 19.3. The minimum atomic E-state index is 0.611. The average Bonchev–Trinajstić information content (AvgIpc) is 3.12. The topological polar surface area (TPSA) is 75.9 Å². The monoisotopic (exact) mass is 371 g/mol. The minimum Gasteiger partial charge on any atom is -0.366 e. The average molecular weight is 371 g/mol. The Balaban J connectivity index is 1.62. The van der Waals surface area contributed by atoms with E-state index in [4.69, 9.17) is 4.52 Å². The van der Waals surface area contributed by atoms with Crippen LogP contribution in [0.5, 0.6) is 0 Å². The lowest BCUT2D eigenvalue weighted by molar-refractivity contribution is 0.400. The lowest BCUT2D eigenvalue weighted by atomic mass is 10.1. The summed E-state index contributed by atoms with van der Waals surface area (Å²) in [6.07, 6.45) is 0. The molecule has 2 aromatic heterocycles. The van der Waals surface area contributed by atoms with Crippen LogP contribution >= 0.6 is 0 Å². The molecule has 4 aromatic rings. The van der Waals surface area contributed by atoms with Crippen LogP contribution in [-0.4, -0.2) is 15.1 Å². The Morgan fingerprint density at radius 2 is 1.57 bits per heavy atom. The smallest absolute Gasteiger partial charge is 0.175 e. The third kappa shape index (κ3) is 4.35. The molecule has 2 N–H and O–H groups in total. The van der Waals surface area contributed by atoms with Gasteiger partial charge in [-0.2, -0.15) is 0 Å². The molecule has 2 aromatic carbocycles. The molecule has 0 aliphatic rings. The number of benzene rings is 2. The van der Waals surface area contributed by atoms with Crippen molar-refractivity contribution in [1.82, 2.24) is 15.1 Å². The first kappa shape index (κ1) is 17.7. The highest BCUT2D eigenvalue weighted by Gasteiger charge is 2.09. The number of rotatable bonds is 6. The Hall–Kier alpha value is -3.67. The van der Waals surface area contributed by atoms with Crippen molar-refractivity contribution >= 4 is 17.5 Å². The quantitative estimate of drug-likeness (QED) is 0.491. The van der Waals surface area contributed by atoms with Crippen LogP contribution in [0.25, 0.3) is 11.4 Å². The number of aryl methyl sites for hydroxylation is 2. The fourth-order valence-electron chi connectivity index (χ4n) is 2.77. The van der Waals surface area contributed by atoms with E-state index in [-0.39, 0.29) is 0 Å². The van der Waals surface area contributed by atoms with Crippen LogP contribution in [0.2, 0.25) is 0 Å². The predicted octanol–water partition coefficient (Wildman–Crippen LogP) is 5.10. The summed E-state index contributed by atoms with van der Waals surface area (Å²) < 4.78 is 5.13. The molecule has 0 atom stereocenters. The van der Waals surface area contributed by atoms with Crippen LogP contribution in [0.15, 0.2) is 71.3 Å². The van der Waals surface area contributed by atoms with E-state index in [0.29, 0.717) is 24.0 Å². The van der Waals surface area contributed by atoms with Crippen LogP contribution < -0.4 is 10.6 Å². The fourth-order valence-corrected chi connectivity index (χ4v) is 2.77. The molecule has 0 fully saturated rings. The Labute approximate surface area is 163 Å². The lowest BCUT2D eigenvalue weighted by Gasteiger charge is -2.11. The van der Waals surface area contributed by atoms with Crippen molar-refractivity contribution in [3.63, 3.8) is 0 Å². The Kier molecular flexibility index (Phi) is 5.01. The Morgan fingerprint density at radius 3 is 2.29 bits per heavy atom. The molecule has 140 valence electrons. The van der Waals surface area contributed by atoms with E-state index >= 15 is 0 Å². The number of nitrogens with one attached hydrogen (secondary N) is 2. The number of hydrogen-bond donors (Lipinski definition) is 2. The highest BCUT2D eigenvalue weighted by Crippen LogP contribution is 2.23. The molecule has 0 radical (unpaired) electrons. The molecule has 0 aliphatic heterocycles. The van der Waals surface area contributed by atoms with Crippen LogP contribution in [0, 0.1) is 13.8 Å². The van der Waals surface area contributed by atoms with Crippen molar-refractivity contribution in [3.05, 3.63) is 83.6 Å². The molecule has 28 heavy (non-hydrogen) atoms. The van der Waals surface area contributed by atoms with Gasteiger partial charge in [0.1, 0.15) is 17.4 Å². The normalized spacial score (nSPS) is 10.6. The molecule has 0 aliphatic carbocycles. The lowest BCUT2D eigenvalue weighted by Crippen LogP contribution is -2.05. The molecule has 0 unspecified atom stereocenters. The fraction of sp³-hybridized carbons (Fsp3) is 0.136. The van der Waals surface area contributed by atoms with Gasteiger partial charge in [-0.3, -0.25) is 0 Å². The van der Waals surface area contributed by atoms with Crippen LogP contribution in [0.4, 0.5) is 17.5 Å². The summed E-state index contributed by atoms with van der Waals surface area (Å²) in [4.78, 5) is 9.31. The summed E-state index contributed by atoms with van der Waals surface area (Å²) in [5, 5.41) is 10.5. The third-order valence-corrected chi connectivity index (χ3v) is 4.24. The number of hydrogen-bond acceptors (Lipinski definition) is 6. The molecule has 4 rings (SSSR count). The Morgan fingerprint density at radius 1 is 0.821 bits per heavy atom. The van der Waals surface area contributed by atoms with E-state index in [1.807, 2.05) is 49.4 Å². The van der Waals surface area contributed by atoms with E-state index in [9.17, 15) is 0 Å². The molecule has 0 bridgehead atoms. The zero-order valence-electron chi connectivity index (χ0n) is 15.8. The highest BCUT2D eigenvalue weighted by molar-refractivity contribution is 5.63. The minimum absolute atomic E-state index is 0.611. The van der Waals surface area contributed by atoms with Crippen molar-refractivity contribution in [2.45, 2.75) is 20.4 Å². The van der Waals surface area contributed by atoms with Crippen molar-refractivity contribution in [3.8, 4) is 11.4 Å². The van der Waals surface area contributed by atoms with Gasteiger partial charge in [-0.15, -0.1) is 0 Å². The SMILES string of the molecule is Cc1ccc(CNc2cc(Nc3cc(C)on3)nc(-c3ccccc3)n2)cc1. The first-order chi connectivity index (χ1) is 13.7. The van der Waals surface area contributed by atoms with E-state index in [0.717, 1.165) is 17.1 Å². The van der Waals surface area contributed by atoms with Crippen molar-refractivity contribution in [1.29, 1.82) is 0 Å². The largest absolute Gasteiger partial charge is 0.366 e. The Bertz CT molecular complexity index is 1060. The van der Waals surface area contributed by atoms with Crippen molar-refractivity contribution in [2.24, 2.45) is 0 Å². The number of anilines is 3. The molecular formula is C22H21N5O. The second-order valence-electron chi connectivity index (χ2n) is 6.62. The molecule has 6 nitrogen and oxygen atoms in total. The molecular weight excluding hydrogens is 350 g/mol. The van der Waals surface area contributed by atoms with E-state index in [1.165, 1.54) is 11.1 Å². The predicted molar refractivity (Wildman–Crippen MR) is 110 cm³/mol. The summed E-state index contributed by atoms with van der Waals surface area (Å²) >= 11 is 0. The second kappa shape index (κ2) is 7.92. The molecule has 2 heterocycles. The van der Waals surface area contributed by atoms with E-state index < -0.39 is 0 Å². The number of aromatic nitrogens is 3. The van der Waals surface area contributed by atoms with Crippen LogP contribution in [0.3, 0.4) is 0 Å². The molecule has 0 amide bonds. The molecule has 0 spiro atoms. The van der Waals surface area contributed by atoms with Gasteiger partial charge in [0.15, 0.2) is 11.6 Å². The van der Waals surface area contributed by atoms with Crippen molar-refractivity contribution in [2.75, 3.05) is 10.6 Å². The van der Waals surface area contributed by atoms with Gasteiger partial charge in [-0.05, 0) is 19.4 Å². The van der Waals surface area contributed by atoms with Gasteiger partial charge in [0.25, 0.3) is 0 Å². The van der Waals surface area contributed by atoms with Gasteiger partial charge in [0, 0.05) is 24.2 Å². The maximum Gasteiger partial charge on any atom is 0.175 e. The number of nitrogens with zero attached hydrogens (tertiary/aromatic N) is 3. The summed E-state index contributed by atoms with van der Waals surface area (Å²) in [7, 11) is 0. The van der Waals surface area contributed by atoms with Gasteiger partial charge in [0.2, 0.25) is 0 Å². The van der Waals surface area contributed by atoms with Gasteiger partial charge >= 0.3 is 0 Å². The maximum atomic E-state index is 5.13. The molecule has 0 saturated heterocycles. The third-order valence-electron chi connectivity index (χ3n) is 4.24. The van der Waals surface area contributed by atoms with Gasteiger partial charge < -0.3 is 15.2 Å². The summed E-state index contributed by atoms with van der Waals surface area (Å²) in [6, 6.07) is 22.0. The van der Waals surface area contributed by atoms with E-state index in [2.05, 4.69) is 56.9 Å². The standard InChI is InChI=1S/C22H21N5O/c1-15-8-10-17(11-9-15)14-23-19-13-20(24-21-12-16(2)28-27-21)26-22(25-19)18-6-4-3-5-7-18/h3-13H,14H2,1-2H3,(H2,23,24,25,26,27). The maximum absolute atomic E-state index is 5.13. The first-order valence-electron chi connectivity index (χ1n) is 9.10. The summed E-state index contributed by atoms with van der Waals surface area (Å²) in [6.45, 7) is 4.60.